The summed E-state index contributed by atoms with van der Waals surface area (Å²) in [6, 6.07) is 2.73. The summed E-state index contributed by atoms with van der Waals surface area (Å²) in [5, 5.41) is 0. The molecular formula is C9H18O2Si. The minimum atomic E-state index is -1.51. The Bertz CT molecular complexity index is 162. The molecular weight excluding hydrogens is 168 g/mol. The van der Waals surface area contributed by atoms with E-state index < -0.39 is 8.07 Å². The van der Waals surface area contributed by atoms with Gasteiger partial charge in [0.1, 0.15) is 0 Å². The second-order valence-corrected chi connectivity index (χ2v) is 7.93. The maximum Gasteiger partial charge on any atom is 0.303 e. The van der Waals surface area contributed by atoms with Gasteiger partial charge >= 0.3 is 5.97 Å². The van der Waals surface area contributed by atoms with Gasteiger partial charge in [0.15, 0.2) is 0 Å². The van der Waals surface area contributed by atoms with Crippen LogP contribution in [-0.2, 0) is 9.53 Å². The van der Waals surface area contributed by atoms with E-state index in [1.54, 1.807) is 0 Å². The van der Waals surface area contributed by atoms with Crippen LogP contribution in [0.25, 0.3) is 0 Å². The summed E-state index contributed by atoms with van der Waals surface area (Å²) in [5.41, 5.74) is 2.00. The monoisotopic (exact) mass is 186 g/mol. The predicted octanol–water partition coefficient (Wildman–Crippen LogP) is 2.37. The maximum atomic E-state index is 11.1. The minimum absolute atomic E-state index is 0.0923. The summed E-state index contributed by atoms with van der Waals surface area (Å²) in [5.74, 6) is -0.0923. The summed E-state index contributed by atoms with van der Waals surface area (Å²) in [6.45, 7) is 8.07. The maximum absolute atomic E-state index is 11.1. The molecule has 0 saturated carbocycles. The molecule has 3 heteroatoms. The Balaban J connectivity index is 4.29. The van der Waals surface area contributed by atoms with Gasteiger partial charge in [-0.15, -0.1) is 12.3 Å². The first-order valence-electron chi connectivity index (χ1n) is 4.34. The van der Waals surface area contributed by atoms with Gasteiger partial charge in [-0.25, -0.2) is 0 Å². The van der Waals surface area contributed by atoms with Gasteiger partial charge in [-0.3, -0.25) is 4.79 Å². The summed E-state index contributed by atoms with van der Waals surface area (Å²) in [6.07, 6.45) is 0. The molecule has 0 aliphatic heterocycles. The van der Waals surface area contributed by atoms with E-state index in [4.69, 9.17) is 0 Å². The molecule has 0 bridgehead atoms. The molecule has 0 N–H and O–H groups in total. The van der Waals surface area contributed by atoms with Gasteiger partial charge in [0, 0.05) is 6.04 Å². The van der Waals surface area contributed by atoms with Crippen LogP contribution in [0.15, 0.2) is 12.3 Å². The van der Waals surface area contributed by atoms with Crippen LogP contribution >= 0.6 is 0 Å². The van der Waals surface area contributed by atoms with Crippen LogP contribution in [-0.4, -0.2) is 21.2 Å². The minimum Gasteiger partial charge on any atom is -0.469 e. The molecule has 0 spiro atoms. The van der Waals surface area contributed by atoms with Crippen molar-refractivity contribution in [2.45, 2.75) is 32.0 Å². The molecule has 0 aliphatic carbocycles. The van der Waals surface area contributed by atoms with Gasteiger partial charge < -0.3 is 4.74 Å². The second-order valence-electron chi connectivity index (χ2n) is 3.03. The molecule has 0 rings (SSSR count). The van der Waals surface area contributed by atoms with Crippen molar-refractivity contribution in [3.63, 3.8) is 0 Å². The van der Waals surface area contributed by atoms with E-state index in [-0.39, 0.29) is 5.97 Å². The molecule has 0 unspecified atom stereocenters. The molecule has 0 heterocycles. The van der Waals surface area contributed by atoms with Crippen LogP contribution in [0.3, 0.4) is 0 Å². The topological polar surface area (TPSA) is 26.3 Å². The smallest absolute Gasteiger partial charge is 0.303 e. The lowest BCUT2D eigenvalue weighted by Gasteiger charge is -2.23. The van der Waals surface area contributed by atoms with Crippen LogP contribution in [0, 0.1) is 0 Å². The lowest BCUT2D eigenvalue weighted by molar-refractivity contribution is -0.138. The number of carbonyl (C=O) groups is 1. The van der Waals surface area contributed by atoms with Crippen molar-refractivity contribution >= 4 is 14.0 Å². The van der Waals surface area contributed by atoms with Crippen molar-refractivity contribution in [2.24, 2.45) is 0 Å². The highest BCUT2D eigenvalue weighted by Gasteiger charge is 2.28. The lowest BCUT2D eigenvalue weighted by atomic mass is 10.8. The van der Waals surface area contributed by atoms with Crippen molar-refractivity contribution in [1.82, 2.24) is 0 Å². The third kappa shape index (κ3) is 2.81. The van der Waals surface area contributed by atoms with Gasteiger partial charge in [-0.1, -0.05) is 25.9 Å². The first-order valence-corrected chi connectivity index (χ1v) is 7.04. The first kappa shape index (κ1) is 11.4. The lowest BCUT2D eigenvalue weighted by Crippen LogP contribution is -2.33. The predicted molar refractivity (Wildman–Crippen MR) is 53.7 cm³/mol. The van der Waals surface area contributed by atoms with E-state index in [9.17, 15) is 4.79 Å². The van der Waals surface area contributed by atoms with Crippen LogP contribution in [0.5, 0.6) is 0 Å². The molecule has 0 radical (unpaired) electrons. The fraction of sp³-hybridized carbons (Fsp3) is 0.667. The molecule has 0 aromatic heterocycles. The van der Waals surface area contributed by atoms with Crippen molar-refractivity contribution in [2.75, 3.05) is 7.11 Å². The Morgan fingerprint density at radius 3 is 2.25 bits per heavy atom. The van der Waals surface area contributed by atoms with E-state index in [0.29, 0.717) is 6.04 Å². The fourth-order valence-electron chi connectivity index (χ4n) is 1.22. The second kappa shape index (κ2) is 5.14. The number of ether oxygens (including phenoxy) is 1. The third-order valence-corrected chi connectivity index (χ3v) is 7.24. The first-order chi connectivity index (χ1) is 5.64. The summed E-state index contributed by atoms with van der Waals surface area (Å²) in [4.78, 5) is 11.1. The van der Waals surface area contributed by atoms with Gasteiger partial charge in [-0.05, 0) is 0 Å². The number of hydrogen-bond donors (Lipinski definition) is 0. The summed E-state index contributed by atoms with van der Waals surface area (Å²) >= 11 is 0. The number of rotatable bonds is 5. The molecule has 0 aliphatic rings. The molecule has 2 nitrogen and oxygen atoms in total. The van der Waals surface area contributed by atoms with E-state index in [2.05, 4.69) is 25.2 Å². The molecule has 0 aromatic rings. The standard InChI is InChI=1S/C9H18O2Si/c1-5-12(6-2,7-3)8-9(10)11-4/h5H,1,6-8H2,2-4H3. The Labute approximate surface area is 75.6 Å². The van der Waals surface area contributed by atoms with Crippen LogP contribution in [0.2, 0.25) is 18.1 Å². The molecule has 12 heavy (non-hydrogen) atoms. The van der Waals surface area contributed by atoms with Crippen LogP contribution in [0.4, 0.5) is 0 Å². The molecule has 70 valence electrons. The molecule has 0 amide bonds. The fourth-order valence-corrected chi connectivity index (χ4v) is 3.66. The quantitative estimate of drug-likeness (QED) is 0.487. The summed E-state index contributed by atoms with van der Waals surface area (Å²) in [7, 11) is -0.0717. The molecule has 0 aromatic carbocycles. The Kier molecular flexibility index (Phi) is 4.89. The van der Waals surface area contributed by atoms with E-state index in [1.807, 2.05) is 5.70 Å². The average Bonchev–Trinajstić information content (AvgIpc) is 2.14. The van der Waals surface area contributed by atoms with Crippen LogP contribution in [0.1, 0.15) is 13.8 Å². The molecule has 0 fully saturated rings. The average molecular weight is 186 g/mol. The SMILES string of the molecule is C=C[Si](CC)(CC)CC(=O)OC. The highest BCUT2D eigenvalue weighted by Crippen LogP contribution is 2.21. The highest BCUT2D eigenvalue weighted by molar-refractivity contribution is 6.86. The third-order valence-electron chi connectivity index (χ3n) is 2.57. The number of hydrogen-bond acceptors (Lipinski definition) is 2. The van der Waals surface area contributed by atoms with Gasteiger partial charge in [0.2, 0.25) is 0 Å². The number of methoxy groups -OCH3 is 1. The Morgan fingerprint density at radius 1 is 1.50 bits per heavy atom. The summed E-state index contributed by atoms with van der Waals surface area (Å²) < 4.78 is 4.66. The van der Waals surface area contributed by atoms with Crippen molar-refractivity contribution < 1.29 is 9.53 Å². The zero-order chi connectivity index (χ0) is 9.61. The normalized spacial score (nSPS) is 10.9. The molecule has 0 atom stereocenters. The van der Waals surface area contributed by atoms with Gasteiger partial charge in [-0.2, -0.15) is 0 Å². The Hall–Kier alpha value is -0.573. The number of carbonyl (C=O) groups excluding carboxylic acids is 1. The van der Waals surface area contributed by atoms with Crippen molar-refractivity contribution in [1.29, 1.82) is 0 Å². The van der Waals surface area contributed by atoms with Crippen molar-refractivity contribution in [3.8, 4) is 0 Å². The van der Waals surface area contributed by atoms with Crippen molar-refractivity contribution in [3.05, 3.63) is 12.3 Å². The van der Waals surface area contributed by atoms with E-state index in [1.165, 1.54) is 7.11 Å². The highest BCUT2D eigenvalue weighted by atomic mass is 28.3. The van der Waals surface area contributed by atoms with Gasteiger partial charge in [0.25, 0.3) is 0 Å². The zero-order valence-electron chi connectivity index (χ0n) is 8.22. The van der Waals surface area contributed by atoms with E-state index >= 15 is 0 Å². The number of esters is 1. The van der Waals surface area contributed by atoms with Gasteiger partial charge in [0.05, 0.1) is 15.2 Å². The molecule has 0 saturated heterocycles. The van der Waals surface area contributed by atoms with E-state index in [0.717, 1.165) is 12.1 Å². The zero-order valence-corrected chi connectivity index (χ0v) is 9.22. The largest absolute Gasteiger partial charge is 0.469 e. The van der Waals surface area contributed by atoms with Crippen LogP contribution < -0.4 is 0 Å². The Morgan fingerprint density at radius 2 is 2.00 bits per heavy atom.